The summed E-state index contributed by atoms with van der Waals surface area (Å²) in [4.78, 5) is 10.6. The van der Waals surface area contributed by atoms with Crippen LogP contribution < -0.4 is 15.2 Å². The first kappa shape index (κ1) is 14.8. The van der Waals surface area contributed by atoms with E-state index in [9.17, 15) is 13.6 Å². The van der Waals surface area contributed by atoms with Gasteiger partial charge in [0, 0.05) is 6.07 Å². The van der Waals surface area contributed by atoms with Gasteiger partial charge < -0.3 is 15.2 Å². The quantitative estimate of drug-likeness (QED) is 0.889. The van der Waals surface area contributed by atoms with Crippen molar-refractivity contribution in [3.05, 3.63) is 59.7 Å². The molecule has 0 fully saturated rings. The molecule has 1 amide bonds. The van der Waals surface area contributed by atoms with Crippen LogP contribution in [0.3, 0.4) is 0 Å². The number of carbonyl (C=O) groups is 1. The number of amides is 1. The Hall–Kier alpha value is -2.63. The van der Waals surface area contributed by atoms with E-state index >= 15 is 0 Å². The van der Waals surface area contributed by atoms with Crippen LogP contribution in [0.1, 0.15) is 5.56 Å². The molecule has 0 radical (unpaired) electrons. The second kappa shape index (κ2) is 6.69. The number of benzene rings is 2. The van der Waals surface area contributed by atoms with Crippen LogP contribution in [0.15, 0.2) is 42.5 Å². The molecule has 2 aromatic carbocycles. The molecule has 110 valence electrons. The highest BCUT2D eigenvalue weighted by atomic mass is 19.1. The van der Waals surface area contributed by atoms with Gasteiger partial charge in [-0.25, -0.2) is 8.78 Å². The first-order chi connectivity index (χ1) is 10.1. The summed E-state index contributed by atoms with van der Waals surface area (Å²) in [7, 11) is 0. The topological polar surface area (TPSA) is 61.6 Å². The molecule has 0 saturated heterocycles. The van der Waals surface area contributed by atoms with Crippen molar-refractivity contribution in [1.82, 2.24) is 0 Å². The summed E-state index contributed by atoms with van der Waals surface area (Å²) < 4.78 is 37.3. The minimum atomic E-state index is -0.670. The zero-order valence-corrected chi connectivity index (χ0v) is 11.0. The van der Waals surface area contributed by atoms with E-state index in [0.717, 1.165) is 12.1 Å². The van der Waals surface area contributed by atoms with E-state index in [-0.39, 0.29) is 18.8 Å². The van der Waals surface area contributed by atoms with Crippen molar-refractivity contribution < 1.29 is 23.0 Å². The number of rotatable bonds is 6. The Morgan fingerprint density at radius 1 is 1.00 bits per heavy atom. The third kappa shape index (κ3) is 4.17. The van der Waals surface area contributed by atoms with Gasteiger partial charge in [0.15, 0.2) is 6.61 Å². The summed E-state index contributed by atoms with van der Waals surface area (Å²) in [6, 6.07) is 9.95. The molecule has 0 bridgehead atoms. The van der Waals surface area contributed by atoms with Crippen LogP contribution in [0.5, 0.6) is 11.5 Å². The average molecular weight is 293 g/mol. The van der Waals surface area contributed by atoms with E-state index in [1.807, 2.05) is 0 Å². The summed E-state index contributed by atoms with van der Waals surface area (Å²) in [6.45, 7) is -0.511. The summed E-state index contributed by atoms with van der Waals surface area (Å²) in [5, 5.41) is 0. The molecule has 2 aromatic rings. The molecule has 0 saturated carbocycles. The van der Waals surface area contributed by atoms with E-state index in [1.165, 1.54) is 12.1 Å². The van der Waals surface area contributed by atoms with Crippen LogP contribution >= 0.6 is 0 Å². The molecule has 4 nitrogen and oxygen atoms in total. The largest absolute Gasteiger partial charge is 0.489 e. The highest BCUT2D eigenvalue weighted by Gasteiger charge is 2.09. The van der Waals surface area contributed by atoms with Crippen LogP contribution in [0.25, 0.3) is 0 Å². The molecule has 2 N–H and O–H groups in total. The maximum Gasteiger partial charge on any atom is 0.255 e. The third-order valence-electron chi connectivity index (χ3n) is 2.63. The lowest BCUT2D eigenvalue weighted by atomic mass is 10.2. The van der Waals surface area contributed by atoms with E-state index in [4.69, 9.17) is 15.2 Å². The fourth-order valence-corrected chi connectivity index (χ4v) is 1.63. The van der Waals surface area contributed by atoms with Crippen LogP contribution in [0.2, 0.25) is 0 Å². The molecule has 0 aliphatic rings. The number of primary amides is 1. The van der Waals surface area contributed by atoms with Gasteiger partial charge in [-0.15, -0.1) is 0 Å². The molecule has 21 heavy (non-hydrogen) atoms. The Morgan fingerprint density at radius 2 is 1.57 bits per heavy atom. The zero-order chi connectivity index (χ0) is 15.2. The molecule has 0 aliphatic heterocycles. The SMILES string of the molecule is NC(=O)COc1cccc(OCc2c(F)cccc2F)c1. The third-order valence-corrected chi connectivity index (χ3v) is 2.63. The maximum absolute atomic E-state index is 13.4. The average Bonchev–Trinajstić information content (AvgIpc) is 2.45. The Bertz CT molecular complexity index is 626. The Morgan fingerprint density at radius 3 is 2.19 bits per heavy atom. The molecule has 6 heteroatoms. The van der Waals surface area contributed by atoms with E-state index < -0.39 is 17.5 Å². The predicted octanol–water partition coefficient (Wildman–Crippen LogP) is 2.41. The van der Waals surface area contributed by atoms with Gasteiger partial charge in [0.25, 0.3) is 5.91 Å². The predicted molar refractivity (Wildman–Crippen MR) is 71.8 cm³/mol. The minimum Gasteiger partial charge on any atom is -0.489 e. The zero-order valence-electron chi connectivity index (χ0n) is 11.0. The Kier molecular flexibility index (Phi) is 4.71. The fraction of sp³-hybridized carbons (Fsp3) is 0.133. The van der Waals surface area contributed by atoms with Gasteiger partial charge in [-0.2, -0.15) is 0 Å². The summed E-state index contributed by atoms with van der Waals surface area (Å²) in [5.74, 6) is -1.21. The number of ether oxygens (including phenoxy) is 2. The second-order valence-electron chi connectivity index (χ2n) is 4.22. The maximum atomic E-state index is 13.4. The van der Waals surface area contributed by atoms with Crippen molar-refractivity contribution in [3.8, 4) is 11.5 Å². The van der Waals surface area contributed by atoms with Gasteiger partial charge in [-0.3, -0.25) is 4.79 Å². The number of halogens is 2. The molecular weight excluding hydrogens is 280 g/mol. The molecule has 0 aliphatic carbocycles. The lowest BCUT2D eigenvalue weighted by Crippen LogP contribution is -2.19. The van der Waals surface area contributed by atoms with E-state index in [1.54, 1.807) is 18.2 Å². The molecule has 0 heterocycles. The molecular formula is C15H13F2NO3. The normalized spacial score (nSPS) is 10.2. The molecule has 0 unspecified atom stereocenters. The highest BCUT2D eigenvalue weighted by molar-refractivity contribution is 5.75. The van der Waals surface area contributed by atoms with E-state index in [2.05, 4.69) is 0 Å². The van der Waals surface area contributed by atoms with Crippen molar-refractivity contribution in [3.63, 3.8) is 0 Å². The van der Waals surface area contributed by atoms with Crippen molar-refractivity contribution in [2.75, 3.05) is 6.61 Å². The van der Waals surface area contributed by atoms with Crippen LogP contribution in [0, 0.1) is 11.6 Å². The monoisotopic (exact) mass is 293 g/mol. The first-order valence-corrected chi connectivity index (χ1v) is 6.13. The van der Waals surface area contributed by atoms with Gasteiger partial charge in [0.2, 0.25) is 0 Å². The molecule has 2 rings (SSSR count). The van der Waals surface area contributed by atoms with Crippen molar-refractivity contribution in [2.45, 2.75) is 6.61 Å². The number of carbonyl (C=O) groups excluding carboxylic acids is 1. The minimum absolute atomic E-state index is 0.152. The lowest BCUT2D eigenvalue weighted by Gasteiger charge is -2.10. The summed E-state index contributed by atoms with van der Waals surface area (Å²) >= 11 is 0. The molecule has 0 aromatic heterocycles. The number of nitrogens with two attached hydrogens (primary N) is 1. The lowest BCUT2D eigenvalue weighted by molar-refractivity contribution is -0.119. The van der Waals surface area contributed by atoms with E-state index in [0.29, 0.717) is 11.5 Å². The standard InChI is InChI=1S/C15H13F2NO3/c16-13-5-2-6-14(17)12(13)8-20-10-3-1-4-11(7-10)21-9-15(18)19/h1-7H,8-9H2,(H2,18,19). The Balaban J connectivity index is 2.03. The van der Waals surface area contributed by atoms with Crippen LogP contribution in [-0.4, -0.2) is 12.5 Å². The highest BCUT2D eigenvalue weighted by Crippen LogP contribution is 2.21. The molecule has 0 spiro atoms. The smallest absolute Gasteiger partial charge is 0.255 e. The Labute approximate surface area is 120 Å². The first-order valence-electron chi connectivity index (χ1n) is 6.13. The second-order valence-corrected chi connectivity index (χ2v) is 4.22. The van der Waals surface area contributed by atoms with Crippen molar-refractivity contribution >= 4 is 5.91 Å². The summed E-state index contributed by atoms with van der Waals surface area (Å²) in [6.07, 6.45) is 0. The van der Waals surface area contributed by atoms with Crippen molar-refractivity contribution in [1.29, 1.82) is 0 Å². The van der Waals surface area contributed by atoms with Crippen LogP contribution in [-0.2, 0) is 11.4 Å². The van der Waals surface area contributed by atoms with Crippen LogP contribution in [0.4, 0.5) is 8.78 Å². The van der Waals surface area contributed by atoms with Crippen molar-refractivity contribution in [2.24, 2.45) is 5.73 Å². The van der Waals surface area contributed by atoms with Gasteiger partial charge in [-0.1, -0.05) is 12.1 Å². The van der Waals surface area contributed by atoms with Gasteiger partial charge in [0.05, 0.1) is 5.56 Å². The number of hydrogen-bond donors (Lipinski definition) is 1. The number of hydrogen-bond acceptors (Lipinski definition) is 3. The van der Waals surface area contributed by atoms with Gasteiger partial charge in [0.1, 0.15) is 29.7 Å². The summed E-state index contributed by atoms with van der Waals surface area (Å²) in [5.41, 5.74) is 4.82. The fourth-order valence-electron chi connectivity index (χ4n) is 1.63. The molecule has 0 atom stereocenters. The van der Waals surface area contributed by atoms with Gasteiger partial charge >= 0.3 is 0 Å². The van der Waals surface area contributed by atoms with Gasteiger partial charge in [-0.05, 0) is 24.3 Å².